The summed E-state index contributed by atoms with van der Waals surface area (Å²) in [5.41, 5.74) is 2.69. The number of nitrogens with zero attached hydrogens (tertiary/aromatic N) is 5. The number of aromatic nitrogens is 4. The third-order valence-electron chi connectivity index (χ3n) is 5.15. The maximum absolute atomic E-state index is 12.3. The van der Waals surface area contributed by atoms with Crippen LogP contribution in [0.1, 0.15) is 43.6 Å². The van der Waals surface area contributed by atoms with Gasteiger partial charge in [0.15, 0.2) is 6.61 Å². The Morgan fingerprint density at radius 2 is 1.93 bits per heavy atom. The second kappa shape index (κ2) is 8.02. The van der Waals surface area contributed by atoms with Crippen molar-refractivity contribution in [1.82, 2.24) is 24.5 Å². The predicted molar refractivity (Wildman–Crippen MR) is 99.1 cm³/mol. The van der Waals surface area contributed by atoms with Gasteiger partial charge in [0.1, 0.15) is 6.33 Å². The van der Waals surface area contributed by atoms with E-state index in [2.05, 4.69) is 28.9 Å². The van der Waals surface area contributed by atoms with Gasteiger partial charge in [-0.15, -0.1) is 0 Å². The first-order valence-electron chi connectivity index (χ1n) is 9.44. The van der Waals surface area contributed by atoms with E-state index < -0.39 is 0 Å². The average Bonchev–Trinajstić information content (AvgIpc) is 3.07. The summed E-state index contributed by atoms with van der Waals surface area (Å²) in [6, 6.07) is 0. The Kier molecular flexibility index (Phi) is 5.72. The molecule has 2 unspecified atom stereocenters. The molecule has 0 aromatic carbocycles. The summed E-state index contributed by atoms with van der Waals surface area (Å²) in [4.78, 5) is 34.7. The van der Waals surface area contributed by atoms with Crippen molar-refractivity contribution in [2.24, 2.45) is 11.8 Å². The molecule has 0 N–H and O–H groups in total. The molecule has 1 fully saturated rings. The van der Waals surface area contributed by atoms with Crippen molar-refractivity contribution in [1.29, 1.82) is 0 Å². The van der Waals surface area contributed by atoms with E-state index in [1.165, 1.54) is 6.33 Å². The highest BCUT2D eigenvalue weighted by molar-refractivity contribution is 5.80. The number of amides is 1. The Morgan fingerprint density at radius 3 is 2.63 bits per heavy atom. The van der Waals surface area contributed by atoms with Crippen LogP contribution in [0.3, 0.4) is 0 Å². The van der Waals surface area contributed by atoms with E-state index >= 15 is 0 Å². The molecule has 0 saturated carbocycles. The normalized spacial score (nSPS) is 20.1. The Morgan fingerprint density at radius 1 is 1.22 bits per heavy atom. The fraction of sp³-hybridized carbons (Fsp3) is 0.632. The standard InChI is InChI=1S/C19H27N5O3/c1-12-7-13(2)9-23(8-12)17(25)10-27-18(26)6-5-16-14(3)22-19-20-11-21-24(19)15(16)4/h11-13H,5-10H2,1-4H3. The minimum Gasteiger partial charge on any atom is -0.456 e. The van der Waals surface area contributed by atoms with Crippen LogP contribution in [0.5, 0.6) is 0 Å². The van der Waals surface area contributed by atoms with Gasteiger partial charge in [0.2, 0.25) is 0 Å². The summed E-state index contributed by atoms with van der Waals surface area (Å²) in [6.45, 7) is 9.41. The first-order chi connectivity index (χ1) is 12.8. The molecule has 1 amide bonds. The van der Waals surface area contributed by atoms with E-state index in [1.54, 1.807) is 4.52 Å². The number of likely N-dealkylation sites (tertiary alicyclic amines) is 1. The first-order valence-corrected chi connectivity index (χ1v) is 9.44. The van der Waals surface area contributed by atoms with E-state index in [4.69, 9.17) is 4.74 Å². The molecule has 8 nitrogen and oxygen atoms in total. The number of rotatable bonds is 5. The summed E-state index contributed by atoms with van der Waals surface area (Å²) in [7, 11) is 0. The van der Waals surface area contributed by atoms with Gasteiger partial charge >= 0.3 is 5.97 Å². The van der Waals surface area contributed by atoms with E-state index in [-0.39, 0.29) is 24.9 Å². The molecule has 0 bridgehead atoms. The van der Waals surface area contributed by atoms with Gasteiger partial charge < -0.3 is 9.64 Å². The largest absolute Gasteiger partial charge is 0.456 e. The lowest BCUT2D eigenvalue weighted by molar-refractivity contribution is -0.153. The van der Waals surface area contributed by atoms with Gasteiger partial charge in [0, 0.05) is 30.9 Å². The zero-order chi connectivity index (χ0) is 19.6. The zero-order valence-corrected chi connectivity index (χ0v) is 16.4. The van der Waals surface area contributed by atoms with Gasteiger partial charge in [-0.25, -0.2) is 9.50 Å². The van der Waals surface area contributed by atoms with Crippen LogP contribution >= 0.6 is 0 Å². The van der Waals surface area contributed by atoms with Crippen molar-refractivity contribution in [3.05, 3.63) is 23.3 Å². The van der Waals surface area contributed by atoms with Crippen molar-refractivity contribution in [3.63, 3.8) is 0 Å². The molecule has 0 aliphatic carbocycles. The van der Waals surface area contributed by atoms with Crippen LogP contribution in [0.4, 0.5) is 0 Å². The van der Waals surface area contributed by atoms with Crippen LogP contribution < -0.4 is 0 Å². The van der Waals surface area contributed by atoms with E-state index in [0.717, 1.165) is 36.5 Å². The zero-order valence-electron chi connectivity index (χ0n) is 16.4. The van der Waals surface area contributed by atoms with Crippen LogP contribution in [0.25, 0.3) is 5.78 Å². The van der Waals surface area contributed by atoms with E-state index in [1.807, 2.05) is 18.7 Å². The molecule has 3 heterocycles. The molecule has 0 spiro atoms. The number of fused-ring (bicyclic) bond motifs is 1. The number of carbonyl (C=O) groups excluding carboxylic acids is 2. The minimum atomic E-state index is -0.376. The monoisotopic (exact) mass is 373 g/mol. The number of ether oxygens (including phenoxy) is 1. The number of hydrogen-bond acceptors (Lipinski definition) is 6. The molecule has 1 saturated heterocycles. The average molecular weight is 373 g/mol. The molecular formula is C19H27N5O3. The molecule has 1 aliphatic heterocycles. The van der Waals surface area contributed by atoms with Crippen LogP contribution in [-0.4, -0.2) is 56.1 Å². The highest BCUT2D eigenvalue weighted by atomic mass is 16.5. The molecule has 146 valence electrons. The highest BCUT2D eigenvalue weighted by Gasteiger charge is 2.26. The molecule has 8 heteroatoms. The van der Waals surface area contributed by atoms with Crippen molar-refractivity contribution in [2.45, 2.75) is 47.0 Å². The van der Waals surface area contributed by atoms with Crippen molar-refractivity contribution >= 4 is 17.7 Å². The number of aryl methyl sites for hydroxylation is 2. The Hall–Kier alpha value is -2.51. The van der Waals surface area contributed by atoms with Crippen molar-refractivity contribution in [3.8, 4) is 0 Å². The number of carbonyl (C=O) groups is 2. The predicted octanol–water partition coefficient (Wildman–Crippen LogP) is 1.72. The van der Waals surface area contributed by atoms with Crippen molar-refractivity contribution < 1.29 is 14.3 Å². The fourth-order valence-corrected chi connectivity index (χ4v) is 3.92. The molecule has 2 aromatic heterocycles. The molecule has 0 radical (unpaired) electrons. The van der Waals surface area contributed by atoms with Gasteiger partial charge in [-0.1, -0.05) is 13.8 Å². The molecule has 2 atom stereocenters. The maximum atomic E-state index is 12.3. The third kappa shape index (κ3) is 4.43. The molecule has 27 heavy (non-hydrogen) atoms. The van der Waals surface area contributed by atoms with Crippen LogP contribution in [-0.2, 0) is 20.7 Å². The summed E-state index contributed by atoms with van der Waals surface area (Å²) in [5.74, 6) is 1.03. The van der Waals surface area contributed by atoms with E-state index in [0.29, 0.717) is 24.0 Å². The lowest BCUT2D eigenvalue weighted by atomic mass is 9.92. The Balaban J connectivity index is 1.52. The summed E-state index contributed by atoms with van der Waals surface area (Å²) < 4.78 is 6.88. The quantitative estimate of drug-likeness (QED) is 0.742. The molecule has 3 rings (SSSR count). The summed E-state index contributed by atoms with van der Waals surface area (Å²) in [5, 5.41) is 4.15. The Labute approximate surface area is 158 Å². The topological polar surface area (TPSA) is 89.7 Å². The Bertz CT molecular complexity index is 837. The van der Waals surface area contributed by atoms with Gasteiger partial charge in [0.05, 0.1) is 0 Å². The maximum Gasteiger partial charge on any atom is 0.306 e. The summed E-state index contributed by atoms with van der Waals surface area (Å²) >= 11 is 0. The SMILES string of the molecule is Cc1nc2ncnn2c(C)c1CCC(=O)OCC(=O)N1CC(C)CC(C)C1. The summed E-state index contributed by atoms with van der Waals surface area (Å²) in [6.07, 6.45) is 3.28. The molecule has 2 aromatic rings. The third-order valence-corrected chi connectivity index (χ3v) is 5.15. The van der Waals surface area contributed by atoms with Gasteiger partial charge in [-0.3, -0.25) is 9.59 Å². The number of esters is 1. The molecular weight excluding hydrogens is 346 g/mol. The van der Waals surface area contributed by atoms with Crippen LogP contribution in [0, 0.1) is 25.7 Å². The second-order valence-electron chi connectivity index (χ2n) is 7.64. The lowest BCUT2D eigenvalue weighted by Gasteiger charge is -2.34. The fourth-order valence-electron chi connectivity index (χ4n) is 3.92. The minimum absolute atomic E-state index is 0.111. The number of hydrogen-bond donors (Lipinski definition) is 0. The second-order valence-corrected chi connectivity index (χ2v) is 7.64. The van der Waals surface area contributed by atoms with Gasteiger partial charge in [0.25, 0.3) is 11.7 Å². The lowest BCUT2D eigenvalue weighted by Crippen LogP contribution is -2.44. The van der Waals surface area contributed by atoms with Crippen molar-refractivity contribution in [2.75, 3.05) is 19.7 Å². The van der Waals surface area contributed by atoms with Crippen LogP contribution in [0.15, 0.2) is 6.33 Å². The molecule has 1 aliphatic rings. The first kappa shape index (κ1) is 19.3. The van der Waals surface area contributed by atoms with Gasteiger partial charge in [-0.2, -0.15) is 10.1 Å². The smallest absolute Gasteiger partial charge is 0.306 e. The van der Waals surface area contributed by atoms with Gasteiger partial charge in [-0.05, 0) is 44.1 Å². The van der Waals surface area contributed by atoms with Crippen LogP contribution in [0.2, 0.25) is 0 Å². The number of piperidine rings is 1. The van der Waals surface area contributed by atoms with E-state index in [9.17, 15) is 9.59 Å². The highest BCUT2D eigenvalue weighted by Crippen LogP contribution is 2.21.